The van der Waals surface area contributed by atoms with E-state index >= 15 is 0 Å². The Bertz CT molecular complexity index is 37.3. The van der Waals surface area contributed by atoms with Crippen LogP contribution in [0, 0.1) is 0 Å². The Hall–Kier alpha value is -0.0400. The molecule has 0 heterocycles. The van der Waals surface area contributed by atoms with Gasteiger partial charge >= 0.3 is 0 Å². The summed E-state index contributed by atoms with van der Waals surface area (Å²) >= 11 is 0. The molecule has 0 aromatic rings. The average Bonchev–Trinajstić information content (AvgIpc) is 1.35. The average molecular weight is 75.1 g/mol. The maximum Gasteiger partial charge on any atom is 0.0597 e. The second-order valence-corrected chi connectivity index (χ2v) is 1.11. The summed E-state index contributed by atoms with van der Waals surface area (Å²) in [6.45, 7) is 3.38. The van der Waals surface area contributed by atoms with E-state index in [1.54, 1.807) is 13.8 Å². The second kappa shape index (κ2) is 2.21. The van der Waals surface area contributed by atoms with Gasteiger partial charge in [-0.15, -0.1) is 0 Å². The van der Waals surface area contributed by atoms with E-state index in [9.17, 15) is 0 Å². The molecule has 0 spiro atoms. The highest BCUT2D eigenvalue weighted by molar-refractivity contribution is 4.27. The van der Waals surface area contributed by atoms with Crippen LogP contribution in [0.25, 0.3) is 0 Å². The van der Waals surface area contributed by atoms with E-state index < -0.39 is 6.08 Å². The molecule has 0 aliphatic rings. The van der Waals surface area contributed by atoms with Crippen molar-refractivity contribution in [1.82, 2.24) is 0 Å². The molecular formula is C4H10O. The molecule has 32 valence electrons. The van der Waals surface area contributed by atoms with Gasteiger partial charge in [-0.2, -0.15) is 0 Å². The van der Waals surface area contributed by atoms with Crippen molar-refractivity contribution in [2.24, 2.45) is 0 Å². The normalized spacial score (nSPS) is 14.6. The summed E-state index contributed by atoms with van der Waals surface area (Å²) < 4.78 is 11.6. The number of methoxy groups -OCH3 is 1. The van der Waals surface area contributed by atoms with Gasteiger partial charge in [0.25, 0.3) is 0 Å². The summed E-state index contributed by atoms with van der Waals surface area (Å²) in [5, 5.41) is 0. The third-order valence-corrected chi connectivity index (χ3v) is 0.408. The van der Waals surface area contributed by atoms with Gasteiger partial charge in [0.15, 0.2) is 0 Å². The van der Waals surface area contributed by atoms with Gasteiger partial charge in [0, 0.05) is 7.11 Å². The molecule has 0 fully saturated rings. The quantitative estimate of drug-likeness (QED) is 0.452. The van der Waals surface area contributed by atoms with E-state index in [1.165, 1.54) is 7.11 Å². The standard InChI is InChI=1S/C4H10O/c1-4(2)5-3/h4H,1-3H3/i4D. The highest BCUT2D eigenvalue weighted by Crippen LogP contribution is 1.77. The van der Waals surface area contributed by atoms with Crippen LogP contribution in [-0.2, 0) is 4.74 Å². The molecular weight excluding hydrogens is 64.0 g/mol. The molecule has 0 atom stereocenters. The predicted octanol–water partition coefficient (Wildman–Crippen LogP) is 1.04. The topological polar surface area (TPSA) is 9.23 Å². The molecule has 0 saturated heterocycles. The van der Waals surface area contributed by atoms with Crippen molar-refractivity contribution in [1.29, 1.82) is 0 Å². The highest BCUT2D eigenvalue weighted by Gasteiger charge is 1.78. The molecule has 0 aromatic heterocycles. The fraction of sp³-hybridized carbons (Fsp3) is 1.00. The van der Waals surface area contributed by atoms with E-state index in [0.717, 1.165) is 0 Å². The van der Waals surface area contributed by atoms with E-state index in [-0.39, 0.29) is 0 Å². The van der Waals surface area contributed by atoms with Crippen LogP contribution in [0.5, 0.6) is 0 Å². The van der Waals surface area contributed by atoms with Gasteiger partial charge in [0.05, 0.1) is 7.45 Å². The highest BCUT2D eigenvalue weighted by atomic mass is 16.5. The van der Waals surface area contributed by atoms with Crippen molar-refractivity contribution in [2.45, 2.75) is 19.9 Å². The van der Waals surface area contributed by atoms with Crippen LogP contribution in [-0.4, -0.2) is 13.2 Å². The minimum absolute atomic E-state index is 0.708. The fourth-order valence-corrected chi connectivity index (χ4v) is 0. The number of hydrogen-bond acceptors (Lipinski definition) is 1. The Kier molecular flexibility index (Phi) is 1.40. The molecule has 0 aliphatic carbocycles. The molecule has 0 bridgehead atoms. The van der Waals surface area contributed by atoms with Crippen molar-refractivity contribution >= 4 is 0 Å². The molecule has 0 saturated carbocycles. The van der Waals surface area contributed by atoms with E-state index in [4.69, 9.17) is 1.37 Å². The van der Waals surface area contributed by atoms with Crippen LogP contribution >= 0.6 is 0 Å². The van der Waals surface area contributed by atoms with E-state index in [1.807, 2.05) is 0 Å². The number of hydrogen-bond donors (Lipinski definition) is 0. The molecule has 0 unspecified atom stereocenters. The second-order valence-electron chi connectivity index (χ2n) is 1.11. The SMILES string of the molecule is [2H]C(C)(C)OC. The first-order valence-electron chi connectivity index (χ1n) is 2.11. The lowest BCUT2D eigenvalue weighted by Crippen LogP contribution is -1.94. The molecule has 0 radical (unpaired) electrons. The van der Waals surface area contributed by atoms with Crippen LogP contribution in [0.2, 0.25) is 0 Å². The van der Waals surface area contributed by atoms with Crippen molar-refractivity contribution in [2.75, 3.05) is 7.11 Å². The van der Waals surface area contributed by atoms with Gasteiger partial charge in [0.1, 0.15) is 0 Å². The molecule has 0 N–H and O–H groups in total. The van der Waals surface area contributed by atoms with Gasteiger partial charge in [-0.1, -0.05) is 0 Å². The lowest BCUT2D eigenvalue weighted by molar-refractivity contribution is 0.134. The van der Waals surface area contributed by atoms with Crippen LogP contribution < -0.4 is 0 Å². The van der Waals surface area contributed by atoms with E-state index in [0.29, 0.717) is 0 Å². The molecule has 1 nitrogen and oxygen atoms in total. The molecule has 0 amide bonds. The zero-order chi connectivity index (χ0) is 5.21. The largest absolute Gasteiger partial charge is 0.382 e. The van der Waals surface area contributed by atoms with Gasteiger partial charge in [0.2, 0.25) is 0 Å². The third-order valence-electron chi connectivity index (χ3n) is 0.408. The first-order valence-corrected chi connectivity index (χ1v) is 1.61. The van der Waals surface area contributed by atoms with Crippen molar-refractivity contribution in [3.63, 3.8) is 0 Å². The minimum atomic E-state index is -0.708. The Balaban J connectivity index is 3.17. The predicted molar refractivity (Wildman–Crippen MR) is 22.1 cm³/mol. The zero-order valence-corrected chi connectivity index (χ0v) is 3.91. The molecule has 0 rings (SSSR count). The Morgan fingerprint density at radius 1 is 1.80 bits per heavy atom. The number of ether oxygens (including phenoxy) is 1. The maximum absolute atomic E-state index is 6.96. The number of rotatable bonds is 1. The van der Waals surface area contributed by atoms with Gasteiger partial charge < -0.3 is 4.74 Å². The molecule has 0 aromatic carbocycles. The third kappa shape index (κ3) is 3.96. The monoisotopic (exact) mass is 75.1 g/mol. The zero-order valence-electron chi connectivity index (χ0n) is 4.91. The molecule has 0 aliphatic heterocycles. The Labute approximate surface area is 34.4 Å². The lowest BCUT2D eigenvalue weighted by Gasteiger charge is -1.94. The van der Waals surface area contributed by atoms with Crippen LogP contribution in [0.15, 0.2) is 0 Å². The minimum Gasteiger partial charge on any atom is -0.382 e. The Morgan fingerprint density at radius 3 is 2.00 bits per heavy atom. The summed E-state index contributed by atoms with van der Waals surface area (Å²) in [6, 6.07) is 0. The smallest absolute Gasteiger partial charge is 0.0597 e. The first-order chi connectivity index (χ1) is 2.56. The van der Waals surface area contributed by atoms with Crippen molar-refractivity contribution in [3.05, 3.63) is 0 Å². The van der Waals surface area contributed by atoms with Crippen molar-refractivity contribution in [3.8, 4) is 0 Å². The van der Waals surface area contributed by atoms with Crippen molar-refractivity contribution < 1.29 is 6.11 Å². The molecule has 1 heteroatoms. The summed E-state index contributed by atoms with van der Waals surface area (Å²) in [5.74, 6) is 0. The summed E-state index contributed by atoms with van der Waals surface area (Å²) in [6.07, 6.45) is -0.708. The molecule has 5 heavy (non-hydrogen) atoms. The maximum atomic E-state index is 6.96. The fourth-order valence-electron chi connectivity index (χ4n) is 0. The van der Waals surface area contributed by atoms with Crippen LogP contribution in [0.4, 0.5) is 0 Å². The van der Waals surface area contributed by atoms with Gasteiger partial charge in [-0.05, 0) is 13.8 Å². The summed E-state index contributed by atoms with van der Waals surface area (Å²) in [4.78, 5) is 0. The summed E-state index contributed by atoms with van der Waals surface area (Å²) in [7, 11) is 1.52. The van der Waals surface area contributed by atoms with E-state index in [2.05, 4.69) is 4.74 Å². The first kappa shape index (κ1) is 3.16. The van der Waals surface area contributed by atoms with Crippen LogP contribution in [0.1, 0.15) is 15.2 Å². The lowest BCUT2D eigenvalue weighted by atomic mass is 10.5. The van der Waals surface area contributed by atoms with Gasteiger partial charge in [-0.3, -0.25) is 0 Å². The van der Waals surface area contributed by atoms with Crippen LogP contribution in [0.3, 0.4) is 0 Å². The Morgan fingerprint density at radius 2 is 2.00 bits per heavy atom. The van der Waals surface area contributed by atoms with Gasteiger partial charge in [-0.25, -0.2) is 0 Å². The summed E-state index contributed by atoms with van der Waals surface area (Å²) in [5.41, 5.74) is 0.